The minimum Gasteiger partial charge on any atom is -0.454 e. The molecule has 0 aliphatic heterocycles. The maximum atomic E-state index is 14.0. The quantitative estimate of drug-likeness (QED) is 0.238. The summed E-state index contributed by atoms with van der Waals surface area (Å²) in [7, 11) is -3.47. The number of nitrogens with one attached hydrogen (secondary N) is 2. The summed E-state index contributed by atoms with van der Waals surface area (Å²) in [6.07, 6.45) is 2.42. The number of carbonyl (C=O) groups is 1. The lowest BCUT2D eigenvalue weighted by Gasteiger charge is -2.12. The monoisotopic (exact) mass is 551 g/mol. The summed E-state index contributed by atoms with van der Waals surface area (Å²) >= 11 is 0. The van der Waals surface area contributed by atoms with E-state index in [4.69, 9.17) is 10.5 Å². The van der Waals surface area contributed by atoms with Crippen LogP contribution in [0.25, 0.3) is 16.6 Å². The van der Waals surface area contributed by atoms with E-state index in [1.807, 2.05) is 0 Å². The Morgan fingerprint density at radius 1 is 1.05 bits per heavy atom. The standard InChI is InChI=1S/C27H23F2N5O4S/c1-14-8-16-10-23(32-22(16)12-21(14)33-39(3,36)37)26(35)19-13-31-34(27(19)30)24-7-5-18(9-15(24)2)38-25-11-17(28)4-6-20(25)29/h4-13,32-33H,30H2,1-3H3. The van der Waals surface area contributed by atoms with Crippen LogP contribution in [0.4, 0.5) is 20.3 Å². The number of carbonyl (C=O) groups excluding carboxylic acids is 1. The van der Waals surface area contributed by atoms with Crippen molar-refractivity contribution in [2.24, 2.45) is 0 Å². The van der Waals surface area contributed by atoms with Crippen molar-refractivity contribution < 1.29 is 26.7 Å². The number of ether oxygens (including phenoxy) is 1. The van der Waals surface area contributed by atoms with E-state index in [-0.39, 0.29) is 28.6 Å². The van der Waals surface area contributed by atoms with Crippen molar-refractivity contribution in [1.29, 1.82) is 0 Å². The summed E-state index contributed by atoms with van der Waals surface area (Å²) in [5.41, 5.74) is 9.62. The molecule has 0 bridgehead atoms. The fourth-order valence-electron chi connectivity index (χ4n) is 4.21. The number of anilines is 2. The summed E-state index contributed by atoms with van der Waals surface area (Å²) in [5, 5.41) is 5.01. The highest BCUT2D eigenvalue weighted by atomic mass is 32.2. The number of nitrogens with two attached hydrogens (primary N) is 1. The lowest BCUT2D eigenvalue weighted by molar-refractivity contribution is 0.103. The molecule has 200 valence electrons. The third-order valence-corrected chi connectivity index (χ3v) is 6.66. The van der Waals surface area contributed by atoms with E-state index >= 15 is 0 Å². The average molecular weight is 552 g/mol. The van der Waals surface area contributed by atoms with E-state index in [0.717, 1.165) is 29.8 Å². The van der Waals surface area contributed by atoms with Gasteiger partial charge in [0.1, 0.15) is 17.4 Å². The smallest absolute Gasteiger partial charge is 0.229 e. The van der Waals surface area contributed by atoms with E-state index in [0.29, 0.717) is 28.0 Å². The maximum Gasteiger partial charge on any atom is 0.229 e. The van der Waals surface area contributed by atoms with Crippen LogP contribution in [0.15, 0.2) is 60.8 Å². The largest absolute Gasteiger partial charge is 0.454 e. The molecule has 0 aliphatic carbocycles. The molecule has 4 N–H and O–H groups in total. The Morgan fingerprint density at radius 3 is 2.54 bits per heavy atom. The molecular weight excluding hydrogens is 528 g/mol. The van der Waals surface area contributed by atoms with Crippen molar-refractivity contribution in [2.75, 3.05) is 16.7 Å². The fraction of sp³-hybridized carbons (Fsp3) is 0.111. The van der Waals surface area contributed by atoms with Gasteiger partial charge < -0.3 is 15.5 Å². The number of ketones is 1. The van der Waals surface area contributed by atoms with Gasteiger partial charge in [-0.05, 0) is 73.5 Å². The first-order valence-corrected chi connectivity index (χ1v) is 13.5. The minimum absolute atomic E-state index is 0.0993. The number of aromatic amines is 1. The second-order valence-corrected chi connectivity index (χ2v) is 10.9. The van der Waals surface area contributed by atoms with Gasteiger partial charge in [-0.2, -0.15) is 5.10 Å². The number of rotatable bonds is 7. The van der Waals surface area contributed by atoms with Crippen molar-refractivity contribution in [2.45, 2.75) is 13.8 Å². The van der Waals surface area contributed by atoms with Gasteiger partial charge >= 0.3 is 0 Å². The number of aromatic nitrogens is 3. The molecule has 5 aromatic rings. The average Bonchev–Trinajstić information content (AvgIpc) is 3.43. The molecule has 9 nitrogen and oxygen atoms in total. The van der Waals surface area contributed by atoms with E-state index < -0.39 is 27.4 Å². The van der Waals surface area contributed by atoms with Crippen LogP contribution in [0.5, 0.6) is 11.5 Å². The molecule has 12 heteroatoms. The highest BCUT2D eigenvalue weighted by Gasteiger charge is 2.21. The molecule has 39 heavy (non-hydrogen) atoms. The van der Waals surface area contributed by atoms with Gasteiger partial charge in [0.25, 0.3) is 0 Å². The zero-order chi connectivity index (χ0) is 28.1. The van der Waals surface area contributed by atoms with E-state index in [1.165, 1.54) is 10.9 Å². The minimum atomic E-state index is -3.47. The number of nitrogen functional groups attached to an aromatic ring is 1. The molecule has 2 aromatic heterocycles. The van der Waals surface area contributed by atoms with Gasteiger partial charge in [0, 0.05) is 17.0 Å². The molecule has 0 fully saturated rings. The first-order chi connectivity index (χ1) is 18.4. The molecule has 5 rings (SSSR count). The van der Waals surface area contributed by atoms with E-state index in [2.05, 4.69) is 14.8 Å². The highest BCUT2D eigenvalue weighted by molar-refractivity contribution is 7.92. The number of H-pyrrole nitrogens is 1. The van der Waals surface area contributed by atoms with Gasteiger partial charge in [-0.1, -0.05) is 0 Å². The van der Waals surface area contributed by atoms with Gasteiger partial charge in [0.2, 0.25) is 15.8 Å². The lowest BCUT2D eigenvalue weighted by atomic mass is 10.1. The van der Waals surface area contributed by atoms with Crippen LogP contribution in [0.2, 0.25) is 0 Å². The Labute approximate surface area is 222 Å². The van der Waals surface area contributed by atoms with E-state index in [9.17, 15) is 22.0 Å². The number of benzene rings is 3. The Balaban J connectivity index is 1.43. The number of sulfonamides is 1. The van der Waals surface area contributed by atoms with Crippen LogP contribution < -0.4 is 15.2 Å². The van der Waals surface area contributed by atoms with E-state index in [1.54, 1.807) is 50.2 Å². The number of fused-ring (bicyclic) bond motifs is 1. The van der Waals surface area contributed by atoms with Crippen LogP contribution in [0.1, 0.15) is 27.2 Å². The Bertz CT molecular complexity index is 1880. The second-order valence-electron chi connectivity index (χ2n) is 9.12. The first-order valence-electron chi connectivity index (χ1n) is 11.6. The van der Waals surface area contributed by atoms with Gasteiger partial charge in [-0.3, -0.25) is 9.52 Å². The molecule has 0 saturated carbocycles. The Hall–Kier alpha value is -4.71. The molecule has 0 radical (unpaired) electrons. The Kier molecular flexibility index (Phi) is 6.35. The van der Waals surface area contributed by atoms with Crippen LogP contribution in [0.3, 0.4) is 0 Å². The number of halogens is 2. The molecule has 3 aromatic carbocycles. The van der Waals surface area contributed by atoms with Crippen molar-refractivity contribution >= 4 is 38.2 Å². The molecule has 0 aliphatic rings. The van der Waals surface area contributed by atoms with Crippen LogP contribution in [-0.4, -0.2) is 35.2 Å². The summed E-state index contributed by atoms with van der Waals surface area (Å²) in [6.45, 7) is 3.52. The van der Waals surface area contributed by atoms with Crippen LogP contribution >= 0.6 is 0 Å². The predicted octanol–water partition coefficient (Wildman–Crippen LogP) is 5.23. The van der Waals surface area contributed by atoms with Crippen molar-refractivity contribution in [3.8, 4) is 17.2 Å². The van der Waals surface area contributed by atoms with Crippen molar-refractivity contribution in [1.82, 2.24) is 14.8 Å². The summed E-state index contributed by atoms with van der Waals surface area (Å²) in [5.74, 6) is -1.60. The van der Waals surface area contributed by atoms with Crippen LogP contribution in [-0.2, 0) is 10.0 Å². The van der Waals surface area contributed by atoms with Crippen molar-refractivity contribution in [3.05, 3.63) is 94.8 Å². The van der Waals surface area contributed by atoms with Gasteiger partial charge in [-0.15, -0.1) is 0 Å². The molecule has 0 saturated heterocycles. The normalized spacial score (nSPS) is 11.6. The number of nitrogens with zero attached hydrogens (tertiary/aromatic N) is 2. The number of hydrogen-bond acceptors (Lipinski definition) is 6. The van der Waals surface area contributed by atoms with Crippen LogP contribution in [0, 0.1) is 25.5 Å². The summed E-state index contributed by atoms with van der Waals surface area (Å²) in [6, 6.07) is 12.8. The van der Waals surface area contributed by atoms with Gasteiger partial charge in [-0.25, -0.2) is 21.9 Å². The second kappa shape index (κ2) is 9.55. The zero-order valence-corrected chi connectivity index (χ0v) is 21.9. The molecule has 0 amide bonds. The zero-order valence-electron chi connectivity index (χ0n) is 21.0. The lowest BCUT2D eigenvalue weighted by Crippen LogP contribution is -2.10. The maximum absolute atomic E-state index is 14.0. The summed E-state index contributed by atoms with van der Waals surface area (Å²) < 4.78 is 60.1. The fourth-order valence-corrected chi connectivity index (χ4v) is 4.83. The number of aryl methyl sites for hydroxylation is 2. The molecule has 0 spiro atoms. The third-order valence-electron chi connectivity index (χ3n) is 6.07. The SMILES string of the molecule is Cc1cc2cc(C(=O)c3cnn(-c4ccc(Oc5cc(F)ccc5F)cc4C)c3N)[nH]c2cc1NS(C)(=O)=O. The highest BCUT2D eigenvalue weighted by Crippen LogP contribution is 2.30. The van der Waals surface area contributed by atoms with Gasteiger partial charge in [0.15, 0.2) is 11.6 Å². The predicted molar refractivity (Wildman–Crippen MR) is 144 cm³/mol. The van der Waals surface area contributed by atoms with Gasteiger partial charge in [0.05, 0.1) is 35.1 Å². The van der Waals surface area contributed by atoms with Crippen molar-refractivity contribution in [3.63, 3.8) is 0 Å². The third kappa shape index (κ3) is 5.18. The number of hydrogen-bond donors (Lipinski definition) is 3. The molecule has 0 unspecified atom stereocenters. The molecule has 0 atom stereocenters. The summed E-state index contributed by atoms with van der Waals surface area (Å²) in [4.78, 5) is 16.3. The topological polar surface area (TPSA) is 132 Å². The molecule has 2 heterocycles. The first kappa shape index (κ1) is 25.9. The Morgan fingerprint density at radius 2 is 1.82 bits per heavy atom. The molecular formula is C27H23F2N5O4S.